The Labute approximate surface area is 111 Å². The van der Waals surface area contributed by atoms with E-state index in [2.05, 4.69) is 10.3 Å². The van der Waals surface area contributed by atoms with Gasteiger partial charge in [-0.15, -0.1) is 0 Å². The summed E-state index contributed by atoms with van der Waals surface area (Å²) in [7, 11) is 0. The molecule has 0 saturated heterocycles. The first-order chi connectivity index (χ1) is 9.13. The van der Waals surface area contributed by atoms with E-state index in [-0.39, 0.29) is 6.04 Å². The predicted molar refractivity (Wildman–Crippen MR) is 70.9 cm³/mol. The highest BCUT2D eigenvalue weighted by Crippen LogP contribution is 2.25. The van der Waals surface area contributed by atoms with Crippen LogP contribution in [0, 0.1) is 18.6 Å². The van der Waals surface area contributed by atoms with Crippen LogP contribution in [0.3, 0.4) is 0 Å². The Kier molecular flexibility index (Phi) is 4.22. The Balaban J connectivity index is 2.48. The molecular formula is C15H16F2N2. The van der Waals surface area contributed by atoms with Crippen LogP contribution in [0.5, 0.6) is 0 Å². The lowest BCUT2D eigenvalue weighted by atomic mass is 9.99. The summed E-state index contributed by atoms with van der Waals surface area (Å²) in [4.78, 5) is 4.31. The van der Waals surface area contributed by atoms with Crippen molar-refractivity contribution in [3.05, 3.63) is 65.0 Å². The van der Waals surface area contributed by atoms with Gasteiger partial charge >= 0.3 is 0 Å². The molecule has 100 valence electrons. The number of nitrogens with one attached hydrogen (secondary N) is 1. The lowest BCUT2D eigenvalue weighted by Crippen LogP contribution is -2.24. The van der Waals surface area contributed by atoms with Crippen LogP contribution in [0.2, 0.25) is 0 Å². The minimum Gasteiger partial charge on any atom is -0.305 e. The highest BCUT2D eigenvalue weighted by molar-refractivity contribution is 5.33. The van der Waals surface area contributed by atoms with E-state index in [0.29, 0.717) is 12.1 Å². The molecule has 0 radical (unpaired) electrons. The van der Waals surface area contributed by atoms with Crippen LogP contribution in [0.15, 0.2) is 36.5 Å². The monoisotopic (exact) mass is 262 g/mol. The SMILES string of the molecule is CCNC(c1ccc(F)cc1F)c1ncccc1C. The summed E-state index contributed by atoms with van der Waals surface area (Å²) in [5, 5.41) is 3.19. The number of benzene rings is 1. The lowest BCUT2D eigenvalue weighted by Gasteiger charge is -2.20. The van der Waals surface area contributed by atoms with Crippen LogP contribution in [-0.4, -0.2) is 11.5 Å². The van der Waals surface area contributed by atoms with Gasteiger partial charge in [-0.3, -0.25) is 4.98 Å². The third-order valence-electron chi connectivity index (χ3n) is 3.01. The topological polar surface area (TPSA) is 24.9 Å². The van der Waals surface area contributed by atoms with E-state index >= 15 is 0 Å². The molecular weight excluding hydrogens is 246 g/mol. The number of pyridine rings is 1. The molecule has 0 fully saturated rings. The first-order valence-electron chi connectivity index (χ1n) is 6.23. The fraction of sp³-hybridized carbons (Fsp3) is 0.267. The predicted octanol–water partition coefficient (Wildman–Crippen LogP) is 3.37. The molecule has 0 aliphatic carbocycles. The minimum atomic E-state index is -0.575. The fourth-order valence-corrected chi connectivity index (χ4v) is 2.09. The Morgan fingerprint density at radius 2 is 2.05 bits per heavy atom. The first kappa shape index (κ1) is 13.6. The zero-order valence-electron chi connectivity index (χ0n) is 11.0. The Morgan fingerprint density at radius 1 is 1.26 bits per heavy atom. The smallest absolute Gasteiger partial charge is 0.131 e. The molecule has 0 aliphatic rings. The van der Waals surface area contributed by atoms with Gasteiger partial charge in [-0.1, -0.05) is 19.1 Å². The summed E-state index contributed by atoms with van der Waals surface area (Å²) in [6, 6.07) is 7.02. The van der Waals surface area contributed by atoms with Crippen LogP contribution in [-0.2, 0) is 0 Å². The number of nitrogens with zero attached hydrogens (tertiary/aromatic N) is 1. The van der Waals surface area contributed by atoms with Gasteiger partial charge in [0.2, 0.25) is 0 Å². The highest BCUT2D eigenvalue weighted by atomic mass is 19.1. The molecule has 0 bridgehead atoms. The van der Waals surface area contributed by atoms with Gasteiger partial charge in [-0.2, -0.15) is 0 Å². The quantitative estimate of drug-likeness (QED) is 0.913. The van der Waals surface area contributed by atoms with Gasteiger partial charge in [-0.05, 0) is 31.2 Å². The van der Waals surface area contributed by atoms with Gasteiger partial charge in [0, 0.05) is 17.8 Å². The maximum absolute atomic E-state index is 13.9. The third-order valence-corrected chi connectivity index (χ3v) is 3.01. The standard InChI is InChI=1S/C15H16F2N2/c1-3-18-15(14-10(2)5-4-8-19-14)12-7-6-11(16)9-13(12)17/h4-9,15,18H,3H2,1-2H3. The van der Waals surface area contributed by atoms with Crippen LogP contribution in [0.4, 0.5) is 8.78 Å². The van der Waals surface area contributed by atoms with Crippen molar-refractivity contribution in [2.75, 3.05) is 6.54 Å². The van der Waals surface area contributed by atoms with Gasteiger partial charge in [0.25, 0.3) is 0 Å². The van der Waals surface area contributed by atoms with Crippen molar-refractivity contribution in [3.63, 3.8) is 0 Å². The molecule has 1 N–H and O–H groups in total. The number of aryl methyl sites for hydroxylation is 1. The summed E-state index contributed by atoms with van der Waals surface area (Å²) in [5.74, 6) is -1.13. The second-order valence-electron chi connectivity index (χ2n) is 4.36. The highest BCUT2D eigenvalue weighted by Gasteiger charge is 2.20. The molecule has 0 spiro atoms. The molecule has 19 heavy (non-hydrogen) atoms. The van der Waals surface area contributed by atoms with Crippen LogP contribution >= 0.6 is 0 Å². The average Bonchev–Trinajstić information content (AvgIpc) is 2.38. The molecule has 0 amide bonds. The molecule has 2 aromatic rings. The molecule has 1 aromatic heterocycles. The summed E-state index contributed by atoms with van der Waals surface area (Å²) < 4.78 is 26.9. The number of hydrogen-bond acceptors (Lipinski definition) is 2. The molecule has 1 unspecified atom stereocenters. The number of rotatable bonds is 4. The Hall–Kier alpha value is -1.81. The largest absolute Gasteiger partial charge is 0.305 e. The molecule has 0 saturated carbocycles. The summed E-state index contributed by atoms with van der Waals surface area (Å²) in [5.41, 5.74) is 2.14. The van der Waals surface area contributed by atoms with E-state index in [1.165, 1.54) is 12.1 Å². The van der Waals surface area contributed by atoms with Crippen molar-refractivity contribution in [1.82, 2.24) is 10.3 Å². The van der Waals surface area contributed by atoms with Gasteiger partial charge in [0.15, 0.2) is 0 Å². The van der Waals surface area contributed by atoms with E-state index in [1.54, 1.807) is 6.20 Å². The maximum Gasteiger partial charge on any atom is 0.131 e. The van der Waals surface area contributed by atoms with E-state index in [1.807, 2.05) is 26.0 Å². The second kappa shape index (κ2) is 5.89. The lowest BCUT2D eigenvalue weighted by molar-refractivity contribution is 0.535. The average molecular weight is 262 g/mol. The van der Waals surface area contributed by atoms with Gasteiger partial charge in [0.1, 0.15) is 11.6 Å². The molecule has 1 heterocycles. The molecule has 2 nitrogen and oxygen atoms in total. The molecule has 4 heteroatoms. The van der Waals surface area contributed by atoms with E-state index in [4.69, 9.17) is 0 Å². The summed E-state index contributed by atoms with van der Waals surface area (Å²) in [6.45, 7) is 4.53. The number of aromatic nitrogens is 1. The van der Waals surface area contributed by atoms with E-state index in [9.17, 15) is 8.78 Å². The fourth-order valence-electron chi connectivity index (χ4n) is 2.09. The van der Waals surface area contributed by atoms with Gasteiger partial charge in [-0.25, -0.2) is 8.78 Å². The van der Waals surface area contributed by atoms with Crippen LogP contribution in [0.25, 0.3) is 0 Å². The minimum absolute atomic E-state index is 0.369. The zero-order valence-corrected chi connectivity index (χ0v) is 11.0. The van der Waals surface area contributed by atoms with E-state index in [0.717, 1.165) is 17.3 Å². The summed E-state index contributed by atoms with van der Waals surface area (Å²) >= 11 is 0. The normalized spacial score (nSPS) is 12.4. The van der Waals surface area contributed by atoms with Gasteiger partial charge in [0.05, 0.1) is 11.7 Å². The molecule has 1 atom stereocenters. The van der Waals surface area contributed by atoms with E-state index < -0.39 is 11.6 Å². The van der Waals surface area contributed by atoms with Crippen molar-refractivity contribution in [2.45, 2.75) is 19.9 Å². The number of halogens is 2. The van der Waals surface area contributed by atoms with Crippen molar-refractivity contribution < 1.29 is 8.78 Å². The Bertz CT molecular complexity index is 570. The third kappa shape index (κ3) is 2.96. The zero-order chi connectivity index (χ0) is 13.8. The van der Waals surface area contributed by atoms with Crippen molar-refractivity contribution in [1.29, 1.82) is 0 Å². The van der Waals surface area contributed by atoms with Crippen LogP contribution in [0.1, 0.15) is 29.8 Å². The van der Waals surface area contributed by atoms with Crippen molar-refractivity contribution >= 4 is 0 Å². The molecule has 1 aromatic carbocycles. The maximum atomic E-state index is 13.9. The van der Waals surface area contributed by atoms with Gasteiger partial charge < -0.3 is 5.32 Å². The first-order valence-corrected chi connectivity index (χ1v) is 6.23. The van der Waals surface area contributed by atoms with Crippen LogP contribution < -0.4 is 5.32 Å². The number of hydrogen-bond donors (Lipinski definition) is 1. The molecule has 2 rings (SSSR count). The van der Waals surface area contributed by atoms with Crippen molar-refractivity contribution in [3.8, 4) is 0 Å². The van der Waals surface area contributed by atoms with Crippen molar-refractivity contribution in [2.24, 2.45) is 0 Å². The Morgan fingerprint density at radius 3 is 2.68 bits per heavy atom. The molecule has 0 aliphatic heterocycles. The second-order valence-corrected chi connectivity index (χ2v) is 4.36. The summed E-state index contributed by atoms with van der Waals surface area (Å²) in [6.07, 6.45) is 1.67.